The molecule has 15 heavy (non-hydrogen) atoms. The van der Waals surface area contributed by atoms with Gasteiger partial charge >= 0.3 is 0 Å². The lowest BCUT2D eigenvalue weighted by Gasteiger charge is -1.95. The first-order valence-electron chi connectivity index (χ1n) is 4.49. The normalized spacial score (nSPS) is 10.3. The predicted octanol–water partition coefficient (Wildman–Crippen LogP) is 2.93. The fraction of sp³-hybridized carbons (Fsp3) is 0.0909. The van der Waals surface area contributed by atoms with Gasteiger partial charge in [-0.1, -0.05) is 23.7 Å². The molecule has 0 aliphatic heterocycles. The summed E-state index contributed by atoms with van der Waals surface area (Å²) in [5, 5.41) is 7.38. The molecule has 1 N–H and O–H groups in total. The number of rotatable bonds is 2. The second-order valence-electron chi connectivity index (χ2n) is 3.23. The summed E-state index contributed by atoms with van der Waals surface area (Å²) < 4.78 is 0. The van der Waals surface area contributed by atoms with Gasteiger partial charge in [-0.3, -0.25) is 9.89 Å². The Balaban J connectivity index is 2.41. The zero-order chi connectivity index (χ0) is 10.8. The van der Waals surface area contributed by atoms with Crippen LogP contribution >= 0.6 is 11.6 Å². The predicted molar refractivity (Wildman–Crippen MR) is 59.0 cm³/mol. The van der Waals surface area contributed by atoms with Crippen molar-refractivity contribution in [3.8, 4) is 11.3 Å². The topological polar surface area (TPSA) is 45.8 Å². The molecule has 0 atom stereocenters. The number of nitrogens with one attached hydrogen (secondary N) is 1. The second kappa shape index (κ2) is 3.87. The maximum absolute atomic E-state index is 11.1. The molecule has 1 heterocycles. The molecule has 2 aromatic rings. The molecule has 1 aromatic carbocycles. The van der Waals surface area contributed by atoms with E-state index in [1.807, 2.05) is 18.2 Å². The van der Waals surface area contributed by atoms with E-state index in [0.29, 0.717) is 10.7 Å². The second-order valence-corrected chi connectivity index (χ2v) is 3.67. The van der Waals surface area contributed by atoms with Crippen molar-refractivity contribution in [2.45, 2.75) is 6.92 Å². The van der Waals surface area contributed by atoms with E-state index < -0.39 is 0 Å². The minimum atomic E-state index is -0.0317. The average Bonchev–Trinajstić information content (AvgIpc) is 2.66. The summed E-state index contributed by atoms with van der Waals surface area (Å²) in [6.07, 6.45) is 0. The Morgan fingerprint density at radius 1 is 1.40 bits per heavy atom. The Bertz CT molecular complexity index is 505. The molecule has 2 rings (SSSR count). The summed E-state index contributed by atoms with van der Waals surface area (Å²) in [6, 6.07) is 9.06. The van der Waals surface area contributed by atoms with Crippen molar-refractivity contribution in [2.24, 2.45) is 0 Å². The number of hydrogen-bond acceptors (Lipinski definition) is 2. The summed E-state index contributed by atoms with van der Waals surface area (Å²) in [4.78, 5) is 11.1. The fourth-order valence-electron chi connectivity index (χ4n) is 1.30. The van der Waals surface area contributed by atoms with Crippen LogP contribution < -0.4 is 0 Å². The van der Waals surface area contributed by atoms with Crippen LogP contribution in [0.15, 0.2) is 30.3 Å². The van der Waals surface area contributed by atoms with Gasteiger partial charge in [0.2, 0.25) is 0 Å². The van der Waals surface area contributed by atoms with Gasteiger partial charge in [0.15, 0.2) is 5.78 Å². The molecule has 0 aliphatic rings. The van der Waals surface area contributed by atoms with Crippen molar-refractivity contribution in [3.05, 3.63) is 41.0 Å². The summed E-state index contributed by atoms with van der Waals surface area (Å²) in [5.41, 5.74) is 2.12. The lowest BCUT2D eigenvalue weighted by Crippen LogP contribution is -1.90. The minimum Gasteiger partial charge on any atom is -0.293 e. The van der Waals surface area contributed by atoms with Crippen molar-refractivity contribution in [1.29, 1.82) is 0 Å². The van der Waals surface area contributed by atoms with Gasteiger partial charge in [0.05, 0.1) is 5.69 Å². The first-order valence-corrected chi connectivity index (χ1v) is 4.87. The Morgan fingerprint density at radius 2 is 2.20 bits per heavy atom. The van der Waals surface area contributed by atoms with Gasteiger partial charge < -0.3 is 0 Å². The van der Waals surface area contributed by atoms with Crippen molar-refractivity contribution in [3.63, 3.8) is 0 Å². The molecular weight excluding hydrogens is 212 g/mol. The monoisotopic (exact) mass is 220 g/mol. The first kappa shape index (κ1) is 9.93. The van der Waals surface area contributed by atoms with Gasteiger partial charge in [-0.2, -0.15) is 5.10 Å². The van der Waals surface area contributed by atoms with Crippen LogP contribution in [0.1, 0.15) is 17.4 Å². The number of aromatic nitrogens is 2. The Hall–Kier alpha value is -1.61. The molecule has 0 saturated carbocycles. The number of H-pyrrole nitrogens is 1. The van der Waals surface area contributed by atoms with Crippen LogP contribution in [0.5, 0.6) is 0 Å². The van der Waals surface area contributed by atoms with Crippen molar-refractivity contribution in [1.82, 2.24) is 10.2 Å². The van der Waals surface area contributed by atoms with Crippen LogP contribution in [-0.4, -0.2) is 16.0 Å². The Kier molecular flexibility index (Phi) is 2.56. The quantitative estimate of drug-likeness (QED) is 0.791. The number of Topliss-reactive ketones (excluding diaryl/α,β-unsaturated/α-hetero) is 1. The van der Waals surface area contributed by atoms with E-state index in [2.05, 4.69) is 10.2 Å². The van der Waals surface area contributed by atoms with Gasteiger partial charge in [0, 0.05) is 17.5 Å². The summed E-state index contributed by atoms with van der Waals surface area (Å²) in [7, 11) is 0. The minimum absolute atomic E-state index is 0.0317. The van der Waals surface area contributed by atoms with Gasteiger partial charge in [-0.15, -0.1) is 0 Å². The molecule has 76 valence electrons. The van der Waals surface area contributed by atoms with Crippen LogP contribution in [0.2, 0.25) is 5.02 Å². The van der Waals surface area contributed by atoms with E-state index in [4.69, 9.17) is 11.6 Å². The smallest absolute Gasteiger partial charge is 0.177 e. The molecule has 0 saturated heterocycles. The lowest BCUT2D eigenvalue weighted by molar-refractivity contribution is 0.101. The number of carbonyl (C=O) groups excluding carboxylic acids is 1. The molecule has 0 aliphatic carbocycles. The highest BCUT2D eigenvalue weighted by atomic mass is 35.5. The summed E-state index contributed by atoms with van der Waals surface area (Å²) in [5.74, 6) is -0.0317. The Morgan fingerprint density at radius 3 is 2.80 bits per heavy atom. The maximum Gasteiger partial charge on any atom is 0.177 e. The highest BCUT2D eigenvalue weighted by Gasteiger charge is 2.06. The van der Waals surface area contributed by atoms with E-state index in [9.17, 15) is 4.79 Å². The van der Waals surface area contributed by atoms with E-state index in [1.54, 1.807) is 12.1 Å². The van der Waals surface area contributed by atoms with E-state index in [0.717, 1.165) is 11.3 Å². The maximum atomic E-state index is 11.1. The molecule has 0 spiro atoms. The third-order valence-corrected chi connectivity index (χ3v) is 2.31. The van der Waals surface area contributed by atoms with Gasteiger partial charge in [-0.25, -0.2) is 0 Å². The van der Waals surface area contributed by atoms with Gasteiger partial charge in [0.1, 0.15) is 5.69 Å². The molecule has 1 aromatic heterocycles. The van der Waals surface area contributed by atoms with Crippen molar-refractivity contribution >= 4 is 17.4 Å². The number of nitrogens with zero attached hydrogens (tertiary/aromatic N) is 1. The lowest BCUT2D eigenvalue weighted by atomic mass is 10.1. The Labute approximate surface area is 92.1 Å². The first-order chi connectivity index (χ1) is 7.16. The molecule has 0 radical (unpaired) electrons. The van der Waals surface area contributed by atoms with Gasteiger partial charge in [-0.05, 0) is 18.2 Å². The van der Waals surface area contributed by atoms with Gasteiger partial charge in [0.25, 0.3) is 0 Å². The number of hydrogen-bond donors (Lipinski definition) is 1. The third kappa shape index (κ3) is 2.07. The molecule has 0 unspecified atom stereocenters. The number of carbonyl (C=O) groups is 1. The highest BCUT2D eigenvalue weighted by Crippen LogP contribution is 2.21. The summed E-state index contributed by atoms with van der Waals surface area (Å²) >= 11 is 5.86. The van der Waals surface area contributed by atoms with E-state index in [1.165, 1.54) is 6.92 Å². The summed E-state index contributed by atoms with van der Waals surface area (Å²) in [6.45, 7) is 1.50. The van der Waals surface area contributed by atoms with E-state index in [-0.39, 0.29) is 5.78 Å². The number of ketones is 1. The molecule has 4 heteroatoms. The average molecular weight is 221 g/mol. The molecule has 0 amide bonds. The fourth-order valence-corrected chi connectivity index (χ4v) is 1.49. The molecule has 0 bridgehead atoms. The van der Waals surface area contributed by atoms with E-state index >= 15 is 0 Å². The standard InChI is InChI=1S/C11H9ClN2O/c1-7(15)10-6-11(14-13-10)8-3-2-4-9(12)5-8/h2-6H,1H3,(H,13,14). The SMILES string of the molecule is CC(=O)c1cc(-c2cccc(Cl)c2)n[nH]1. The number of benzene rings is 1. The van der Waals surface area contributed by atoms with Crippen LogP contribution in [-0.2, 0) is 0 Å². The number of halogens is 1. The van der Waals surface area contributed by atoms with Crippen LogP contribution in [0, 0.1) is 0 Å². The largest absolute Gasteiger partial charge is 0.293 e. The number of aromatic amines is 1. The van der Waals surface area contributed by atoms with Crippen molar-refractivity contribution in [2.75, 3.05) is 0 Å². The van der Waals surface area contributed by atoms with Crippen LogP contribution in [0.3, 0.4) is 0 Å². The van der Waals surface area contributed by atoms with Crippen molar-refractivity contribution < 1.29 is 4.79 Å². The van der Waals surface area contributed by atoms with Crippen LogP contribution in [0.4, 0.5) is 0 Å². The molecule has 3 nitrogen and oxygen atoms in total. The third-order valence-electron chi connectivity index (χ3n) is 2.08. The zero-order valence-electron chi connectivity index (χ0n) is 8.12. The molecule has 0 fully saturated rings. The van der Waals surface area contributed by atoms with Crippen LogP contribution in [0.25, 0.3) is 11.3 Å². The highest BCUT2D eigenvalue weighted by molar-refractivity contribution is 6.30. The zero-order valence-corrected chi connectivity index (χ0v) is 8.88. The molecular formula is C11H9ClN2O.